The van der Waals surface area contributed by atoms with Gasteiger partial charge in [0.15, 0.2) is 0 Å². The Morgan fingerprint density at radius 1 is 1.19 bits per heavy atom. The molecular formula is C9H7ClN2O2S2. The van der Waals surface area contributed by atoms with Crippen molar-refractivity contribution < 1.29 is 8.42 Å². The lowest BCUT2D eigenvalue weighted by Crippen LogP contribution is -2.04. The Labute approximate surface area is 102 Å². The van der Waals surface area contributed by atoms with E-state index in [2.05, 4.69) is 10.2 Å². The molecule has 0 radical (unpaired) electrons. The second-order valence-electron chi connectivity index (χ2n) is 3.07. The van der Waals surface area contributed by atoms with E-state index < -0.39 is 9.84 Å². The van der Waals surface area contributed by atoms with Gasteiger partial charge < -0.3 is 0 Å². The first-order valence-corrected chi connectivity index (χ1v) is 7.18. The first kappa shape index (κ1) is 11.5. The molecule has 0 unspecified atom stereocenters. The van der Waals surface area contributed by atoms with Gasteiger partial charge in [-0.3, -0.25) is 0 Å². The highest BCUT2D eigenvalue weighted by Gasteiger charge is 2.20. The number of sulfone groups is 1. The molecule has 0 N–H and O–H groups in total. The van der Waals surface area contributed by atoms with Crippen LogP contribution in [-0.4, -0.2) is 18.6 Å². The molecule has 2 rings (SSSR count). The van der Waals surface area contributed by atoms with Crippen LogP contribution < -0.4 is 0 Å². The Morgan fingerprint density at radius 2 is 1.88 bits per heavy atom. The maximum absolute atomic E-state index is 11.9. The second kappa shape index (κ2) is 4.48. The van der Waals surface area contributed by atoms with Crippen LogP contribution in [0.2, 0.25) is 4.47 Å². The van der Waals surface area contributed by atoms with Gasteiger partial charge in [0.1, 0.15) is 0 Å². The summed E-state index contributed by atoms with van der Waals surface area (Å²) in [4.78, 5) is 0. The second-order valence-corrected chi connectivity index (χ2v) is 6.79. The van der Waals surface area contributed by atoms with Gasteiger partial charge in [-0.2, -0.15) is 0 Å². The zero-order valence-electron chi connectivity index (χ0n) is 8.00. The van der Waals surface area contributed by atoms with Gasteiger partial charge in [0, 0.05) is 0 Å². The summed E-state index contributed by atoms with van der Waals surface area (Å²) in [7, 11) is -3.43. The first-order valence-electron chi connectivity index (χ1n) is 4.33. The molecule has 1 heterocycles. The van der Waals surface area contributed by atoms with E-state index in [0.717, 1.165) is 11.3 Å². The highest BCUT2D eigenvalue weighted by atomic mass is 35.5. The van der Waals surface area contributed by atoms with Gasteiger partial charge in [0.2, 0.25) is 18.6 Å². The largest absolute Gasteiger partial charge is 0.234 e. The van der Waals surface area contributed by atoms with Gasteiger partial charge in [-0.1, -0.05) is 41.7 Å². The van der Waals surface area contributed by atoms with Crippen LogP contribution in [0.15, 0.2) is 34.7 Å². The Balaban J connectivity index is 2.28. The number of benzene rings is 1. The molecule has 0 spiro atoms. The van der Waals surface area contributed by atoms with Gasteiger partial charge in [0.25, 0.3) is 0 Å². The van der Waals surface area contributed by atoms with Crippen molar-refractivity contribution in [3.8, 4) is 0 Å². The lowest BCUT2D eigenvalue weighted by Gasteiger charge is -1.99. The van der Waals surface area contributed by atoms with E-state index in [1.807, 2.05) is 6.07 Å². The summed E-state index contributed by atoms with van der Waals surface area (Å²) >= 11 is 6.42. The highest BCUT2D eigenvalue weighted by Crippen LogP contribution is 2.22. The molecule has 84 valence electrons. The fourth-order valence-electron chi connectivity index (χ4n) is 1.17. The van der Waals surface area contributed by atoms with Crippen molar-refractivity contribution in [3.05, 3.63) is 40.4 Å². The predicted molar refractivity (Wildman–Crippen MR) is 62.3 cm³/mol. The van der Waals surface area contributed by atoms with Crippen LogP contribution in [-0.2, 0) is 15.6 Å². The third kappa shape index (κ3) is 2.58. The molecule has 0 amide bonds. The van der Waals surface area contributed by atoms with Gasteiger partial charge in [-0.15, -0.1) is 10.2 Å². The Hall–Kier alpha value is -0.980. The molecule has 4 nitrogen and oxygen atoms in total. The van der Waals surface area contributed by atoms with Crippen LogP contribution in [0.3, 0.4) is 0 Å². The van der Waals surface area contributed by atoms with Crippen LogP contribution in [0.1, 0.15) is 5.56 Å². The monoisotopic (exact) mass is 274 g/mol. The van der Waals surface area contributed by atoms with Crippen LogP contribution in [0.5, 0.6) is 0 Å². The van der Waals surface area contributed by atoms with E-state index in [-0.39, 0.29) is 14.6 Å². The summed E-state index contributed by atoms with van der Waals surface area (Å²) in [6, 6.07) is 8.91. The van der Waals surface area contributed by atoms with E-state index >= 15 is 0 Å². The summed E-state index contributed by atoms with van der Waals surface area (Å²) in [6.45, 7) is 0. The molecule has 0 saturated carbocycles. The van der Waals surface area contributed by atoms with Crippen LogP contribution >= 0.6 is 22.9 Å². The van der Waals surface area contributed by atoms with Crippen molar-refractivity contribution in [2.75, 3.05) is 0 Å². The molecule has 0 bridgehead atoms. The Morgan fingerprint density at radius 3 is 2.44 bits per heavy atom. The lowest BCUT2D eigenvalue weighted by atomic mass is 10.2. The summed E-state index contributed by atoms with van der Waals surface area (Å²) in [5.41, 5.74) is 0.717. The fraction of sp³-hybridized carbons (Fsp3) is 0.111. The molecule has 0 fully saturated rings. The topological polar surface area (TPSA) is 59.9 Å². The van der Waals surface area contributed by atoms with E-state index in [4.69, 9.17) is 11.6 Å². The smallest absolute Gasteiger partial charge is 0.221 e. The van der Waals surface area contributed by atoms with E-state index in [9.17, 15) is 8.42 Å². The predicted octanol–water partition coefficient (Wildman–Crippen LogP) is 2.17. The summed E-state index contributed by atoms with van der Waals surface area (Å²) in [6.07, 6.45) is 0. The first-order chi connectivity index (χ1) is 7.58. The van der Waals surface area contributed by atoms with E-state index in [1.165, 1.54) is 0 Å². The molecule has 16 heavy (non-hydrogen) atoms. The minimum Gasteiger partial charge on any atom is -0.221 e. The quantitative estimate of drug-likeness (QED) is 0.861. The number of halogens is 1. The summed E-state index contributed by atoms with van der Waals surface area (Å²) in [5.74, 6) is -0.0840. The van der Waals surface area contributed by atoms with Gasteiger partial charge in [-0.05, 0) is 17.2 Å². The average molecular weight is 275 g/mol. The number of aromatic nitrogens is 2. The van der Waals surface area contributed by atoms with Gasteiger partial charge in [-0.25, -0.2) is 8.42 Å². The van der Waals surface area contributed by atoms with Crippen molar-refractivity contribution in [3.63, 3.8) is 0 Å². The van der Waals surface area contributed by atoms with E-state index in [1.54, 1.807) is 24.3 Å². The molecule has 1 aromatic carbocycles. The van der Waals surface area contributed by atoms with Gasteiger partial charge >= 0.3 is 0 Å². The molecule has 0 aliphatic rings. The Kier molecular flexibility index (Phi) is 3.22. The van der Waals surface area contributed by atoms with E-state index in [0.29, 0.717) is 5.56 Å². The van der Waals surface area contributed by atoms with Crippen molar-refractivity contribution in [1.82, 2.24) is 10.2 Å². The van der Waals surface area contributed by atoms with Crippen molar-refractivity contribution >= 4 is 32.8 Å². The molecule has 0 aliphatic carbocycles. The normalized spacial score (nSPS) is 11.6. The Bertz CT molecular complexity index is 581. The molecule has 0 saturated heterocycles. The average Bonchev–Trinajstić information content (AvgIpc) is 2.66. The third-order valence-electron chi connectivity index (χ3n) is 1.85. The number of nitrogens with zero attached hydrogens (tertiary/aromatic N) is 2. The minimum absolute atomic E-state index is 0.0404. The molecule has 0 aliphatic heterocycles. The van der Waals surface area contributed by atoms with Gasteiger partial charge in [0.05, 0.1) is 5.75 Å². The lowest BCUT2D eigenvalue weighted by molar-refractivity contribution is 0.593. The SMILES string of the molecule is O=S(=O)(Cc1ccccc1)c1nnc(Cl)s1. The third-order valence-corrected chi connectivity index (χ3v) is 5.00. The van der Waals surface area contributed by atoms with Crippen molar-refractivity contribution in [2.45, 2.75) is 10.1 Å². The zero-order valence-corrected chi connectivity index (χ0v) is 10.4. The van der Waals surface area contributed by atoms with Crippen LogP contribution in [0.4, 0.5) is 0 Å². The minimum atomic E-state index is -3.43. The molecule has 7 heteroatoms. The maximum Gasteiger partial charge on any atom is 0.234 e. The summed E-state index contributed by atoms with van der Waals surface area (Å²) < 4.78 is 23.8. The van der Waals surface area contributed by atoms with Crippen LogP contribution in [0.25, 0.3) is 0 Å². The summed E-state index contributed by atoms with van der Waals surface area (Å²) in [5, 5.41) is 7.01. The maximum atomic E-state index is 11.9. The molecular weight excluding hydrogens is 268 g/mol. The number of hydrogen-bond acceptors (Lipinski definition) is 5. The zero-order chi connectivity index (χ0) is 11.6. The highest BCUT2D eigenvalue weighted by molar-refractivity contribution is 7.92. The molecule has 0 atom stereocenters. The number of rotatable bonds is 3. The standard InChI is InChI=1S/C9H7ClN2O2S2/c10-8-11-12-9(15-8)16(13,14)6-7-4-2-1-3-5-7/h1-5H,6H2. The molecule has 1 aromatic heterocycles. The number of hydrogen-bond donors (Lipinski definition) is 0. The van der Waals surface area contributed by atoms with Crippen molar-refractivity contribution in [2.24, 2.45) is 0 Å². The fourth-order valence-corrected chi connectivity index (χ4v) is 3.72. The van der Waals surface area contributed by atoms with Crippen LogP contribution in [0, 0.1) is 0 Å². The van der Waals surface area contributed by atoms with Crippen molar-refractivity contribution in [1.29, 1.82) is 0 Å². The molecule has 2 aromatic rings.